The first kappa shape index (κ1) is 10.3. The fraction of sp³-hybridized carbons (Fsp3) is 0. The summed E-state index contributed by atoms with van der Waals surface area (Å²) in [7, 11) is 0. The molecule has 0 aliphatic carbocycles. The van der Waals surface area contributed by atoms with Gasteiger partial charge in [0.05, 0.1) is 10.0 Å². The molecule has 1 nitrogen and oxygen atoms in total. The maximum absolute atomic E-state index is 5.95. The minimum atomic E-state index is 0.480. The molecule has 0 radical (unpaired) electrons. The molecule has 2 aromatic rings. The Labute approximate surface area is 98.4 Å². The summed E-state index contributed by atoms with van der Waals surface area (Å²) in [6, 6.07) is 13.3. The van der Waals surface area contributed by atoms with Crippen LogP contribution in [0.4, 0.5) is 5.69 Å². The number of nitrogen functional groups attached to an aromatic ring is 1. The predicted octanol–water partition coefficient (Wildman–Crippen LogP) is 4.24. The quantitative estimate of drug-likeness (QED) is 0.738. The van der Waals surface area contributed by atoms with E-state index in [1.54, 1.807) is 12.1 Å². The minimum absolute atomic E-state index is 0.480. The lowest BCUT2D eigenvalue weighted by Crippen LogP contribution is -1.90. The topological polar surface area (TPSA) is 26.0 Å². The zero-order valence-corrected chi connectivity index (χ0v) is 9.39. The minimum Gasteiger partial charge on any atom is -0.398 e. The number of anilines is 1. The number of nitrogens with two attached hydrogens (primary N) is 1. The van der Waals surface area contributed by atoms with Crippen molar-refractivity contribution in [3.05, 3.63) is 52.5 Å². The molecular weight excluding hydrogens is 229 g/mol. The second-order valence-electron chi connectivity index (χ2n) is 3.22. The van der Waals surface area contributed by atoms with Gasteiger partial charge in [-0.3, -0.25) is 0 Å². The van der Waals surface area contributed by atoms with Gasteiger partial charge in [-0.15, -0.1) is 0 Å². The fourth-order valence-corrected chi connectivity index (χ4v) is 1.77. The van der Waals surface area contributed by atoms with Gasteiger partial charge in [0.2, 0.25) is 0 Å². The summed E-state index contributed by atoms with van der Waals surface area (Å²) < 4.78 is 0. The zero-order valence-electron chi connectivity index (χ0n) is 7.87. The summed E-state index contributed by atoms with van der Waals surface area (Å²) in [6.45, 7) is 0. The van der Waals surface area contributed by atoms with E-state index in [1.807, 2.05) is 30.3 Å². The van der Waals surface area contributed by atoms with E-state index in [2.05, 4.69) is 0 Å². The molecule has 0 saturated carbocycles. The van der Waals surface area contributed by atoms with Crippen molar-refractivity contribution in [2.75, 3.05) is 5.73 Å². The summed E-state index contributed by atoms with van der Waals surface area (Å²) in [5.74, 6) is 0. The van der Waals surface area contributed by atoms with Gasteiger partial charge in [-0.25, -0.2) is 0 Å². The van der Waals surface area contributed by atoms with Crippen LogP contribution in [0.1, 0.15) is 0 Å². The zero-order chi connectivity index (χ0) is 10.8. The maximum atomic E-state index is 5.95. The molecule has 0 aliphatic heterocycles. The summed E-state index contributed by atoms with van der Waals surface area (Å²) in [5.41, 5.74) is 8.46. The molecule has 0 saturated heterocycles. The molecular formula is C12H9Cl2N. The van der Waals surface area contributed by atoms with Gasteiger partial charge < -0.3 is 5.73 Å². The largest absolute Gasteiger partial charge is 0.398 e. The highest BCUT2D eigenvalue weighted by atomic mass is 35.5. The van der Waals surface area contributed by atoms with Crippen LogP contribution in [-0.4, -0.2) is 0 Å². The van der Waals surface area contributed by atoms with E-state index in [9.17, 15) is 0 Å². The van der Waals surface area contributed by atoms with Crippen molar-refractivity contribution in [3.63, 3.8) is 0 Å². The van der Waals surface area contributed by atoms with Crippen molar-refractivity contribution in [2.45, 2.75) is 0 Å². The molecule has 0 aliphatic rings. The lowest BCUT2D eigenvalue weighted by molar-refractivity contribution is 1.61. The average Bonchev–Trinajstić information content (AvgIpc) is 2.25. The van der Waals surface area contributed by atoms with E-state index in [-0.39, 0.29) is 0 Å². The molecule has 0 heterocycles. The van der Waals surface area contributed by atoms with Crippen molar-refractivity contribution in [3.8, 4) is 11.1 Å². The molecule has 2 rings (SSSR count). The third kappa shape index (κ3) is 2.09. The summed E-state index contributed by atoms with van der Waals surface area (Å²) in [4.78, 5) is 0. The highest BCUT2D eigenvalue weighted by Crippen LogP contribution is 2.33. The Bertz CT molecular complexity index is 480. The monoisotopic (exact) mass is 237 g/mol. The SMILES string of the molecule is Nc1cc(Cl)c(Cl)cc1-c1ccccc1. The van der Waals surface area contributed by atoms with E-state index >= 15 is 0 Å². The van der Waals surface area contributed by atoms with E-state index in [0.29, 0.717) is 15.7 Å². The molecule has 0 unspecified atom stereocenters. The van der Waals surface area contributed by atoms with Gasteiger partial charge in [0.25, 0.3) is 0 Å². The second-order valence-corrected chi connectivity index (χ2v) is 4.03. The Balaban J connectivity index is 2.59. The molecule has 0 aromatic heterocycles. The van der Waals surface area contributed by atoms with Crippen molar-refractivity contribution in [2.24, 2.45) is 0 Å². The second kappa shape index (κ2) is 4.13. The van der Waals surface area contributed by atoms with Gasteiger partial charge in [0.15, 0.2) is 0 Å². The van der Waals surface area contributed by atoms with Gasteiger partial charge in [0.1, 0.15) is 0 Å². The van der Waals surface area contributed by atoms with Gasteiger partial charge in [0, 0.05) is 11.3 Å². The molecule has 2 N–H and O–H groups in total. The summed E-state index contributed by atoms with van der Waals surface area (Å²) in [5, 5.41) is 0.999. The van der Waals surface area contributed by atoms with Crippen LogP contribution in [0.2, 0.25) is 10.0 Å². The third-order valence-electron chi connectivity index (χ3n) is 2.18. The molecule has 0 fully saturated rings. The van der Waals surface area contributed by atoms with Gasteiger partial charge in [-0.2, -0.15) is 0 Å². The highest BCUT2D eigenvalue weighted by molar-refractivity contribution is 6.42. The first-order chi connectivity index (χ1) is 7.18. The van der Waals surface area contributed by atoms with Crippen LogP contribution in [0.25, 0.3) is 11.1 Å². The Hall–Kier alpha value is -1.18. The van der Waals surface area contributed by atoms with Crippen molar-refractivity contribution in [1.82, 2.24) is 0 Å². The van der Waals surface area contributed by atoms with Crippen molar-refractivity contribution in [1.29, 1.82) is 0 Å². The molecule has 2 aromatic carbocycles. The van der Waals surface area contributed by atoms with E-state index < -0.39 is 0 Å². The highest BCUT2D eigenvalue weighted by Gasteiger charge is 2.06. The summed E-state index contributed by atoms with van der Waals surface area (Å²) >= 11 is 11.8. The van der Waals surface area contributed by atoms with E-state index in [0.717, 1.165) is 11.1 Å². The van der Waals surface area contributed by atoms with Gasteiger partial charge in [-0.1, -0.05) is 53.5 Å². The molecule has 76 valence electrons. The van der Waals surface area contributed by atoms with Gasteiger partial charge >= 0.3 is 0 Å². The van der Waals surface area contributed by atoms with Crippen molar-refractivity contribution >= 4 is 28.9 Å². The maximum Gasteiger partial charge on any atom is 0.0613 e. The Kier molecular flexibility index (Phi) is 2.85. The molecule has 0 spiro atoms. The van der Waals surface area contributed by atoms with Crippen LogP contribution >= 0.6 is 23.2 Å². The van der Waals surface area contributed by atoms with Crippen molar-refractivity contribution < 1.29 is 0 Å². The first-order valence-corrected chi connectivity index (χ1v) is 5.24. The fourth-order valence-electron chi connectivity index (χ4n) is 1.43. The number of halogens is 2. The van der Waals surface area contributed by atoms with Gasteiger partial charge in [-0.05, 0) is 17.7 Å². The number of hydrogen-bond donors (Lipinski definition) is 1. The Morgan fingerprint density at radius 2 is 1.47 bits per heavy atom. The Morgan fingerprint density at radius 1 is 0.867 bits per heavy atom. The lowest BCUT2D eigenvalue weighted by atomic mass is 10.0. The molecule has 15 heavy (non-hydrogen) atoms. The predicted molar refractivity (Wildman–Crippen MR) is 66.3 cm³/mol. The van der Waals surface area contributed by atoms with E-state index in [4.69, 9.17) is 28.9 Å². The Morgan fingerprint density at radius 3 is 2.13 bits per heavy atom. The first-order valence-electron chi connectivity index (χ1n) is 4.48. The summed E-state index contributed by atoms with van der Waals surface area (Å²) in [6.07, 6.45) is 0. The number of rotatable bonds is 1. The standard InChI is InChI=1S/C12H9Cl2N/c13-10-6-9(12(15)7-11(10)14)8-4-2-1-3-5-8/h1-7H,15H2. The van der Waals surface area contributed by atoms with Crippen LogP contribution in [0.5, 0.6) is 0 Å². The molecule has 0 atom stereocenters. The number of benzene rings is 2. The third-order valence-corrected chi connectivity index (χ3v) is 2.90. The van der Waals surface area contributed by atoms with Crippen LogP contribution in [0, 0.1) is 0 Å². The lowest BCUT2D eigenvalue weighted by Gasteiger charge is -2.07. The van der Waals surface area contributed by atoms with E-state index in [1.165, 1.54) is 0 Å². The number of hydrogen-bond acceptors (Lipinski definition) is 1. The van der Waals surface area contributed by atoms with Crippen LogP contribution < -0.4 is 5.73 Å². The normalized spacial score (nSPS) is 10.3. The van der Waals surface area contributed by atoms with Crippen LogP contribution in [-0.2, 0) is 0 Å². The average molecular weight is 238 g/mol. The van der Waals surface area contributed by atoms with Crippen LogP contribution in [0.3, 0.4) is 0 Å². The molecule has 3 heteroatoms. The van der Waals surface area contributed by atoms with Crippen LogP contribution in [0.15, 0.2) is 42.5 Å². The molecule has 0 bridgehead atoms. The smallest absolute Gasteiger partial charge is 0.0613 e. The molecule has 0 amide bonds.